The fraction of sp³-hybridized carbons (Fsp3) is 0.435. The highest BCUT2D eigenvalue weighted by molar-refractivity contribution is 6.30. The van der Waals surface area contributed by atoms with Gasteiger partial charge >= 0.3 is 0 Å². The number of hydrogen-bond donors (Lipinski definition) is 2. The number of carbonyl (C=O) groups excluding carboxylic acids is 2. The Labute approximate surface area is 180 Å². The minimum absolute atomic E-state index is 0.0467. The highest BCUT2D eigenvalue weighted by Gasteiger charge is 2.30. The van der Waals surface area contributed by atoms with E-state index < -0.39 is 5.92 Å². The molecule has 1 aliphatic rings. The van der Waals surface area contributed by atoms with Crippen molar-refractivity contribution in [1.82, 2.24) is 5.32 Å². The zero-order valence-electron chi connectivity index (χ0n) is 16.9. The number of aliphatic hydroxyl groups is 1. The number of carbonyl (C=O) groups is 2. The van der Waals surface area contributed by atoms with Crippen LogP contribution in [0.3, 0.4) is 0 Å². The Kier molecular flexibility index (Phi) is 7.30. The third-order valence-electron chi connectivity index (χ3n) is 5.50. The Morgan fingerprint density at radius 1 is 1.30 bits per heavy atom. The summed E-state index contributed by atoms with van der Waals surface area (Å²) in [5.41, 5.74) is 1.00. The zero-order chi connectivity index (χ0) is 21.7. The van der Waals surface area contributed by atoms with Crippen molar-refractivity contribution in [1.29, 1.82) is 5.26 Å². The van der Waals surface area contributed by atoms with Crippen LogP contribution in [0.15, 0.2) is 34.7 Å². The molecule has 1 saturated carbocycles. The van der Waals surface area contributed by atoms with E-state index in [9.17, 15) is 20.0 Å². The van der Waals surface area contributed by atoms with Crippen molar-refractivity contribution in [3.8, 4) is 6.07 Å². The van der Waals surface area contributed by atoms with Crippen LogP contribution in [-0.4, -0.2) is 28.9 Å². The molecule has 1 atom stereocenters. The monoisotopic (exact) mass is 428 g/mol. The molecule has 0 radical (unpaired) electrons. The number of nitrogens with one attached hydrogen (secondary N) is 1. The number of halogens is 1. The first kappa shape index (κ1) is 22.1. The number of rotatable bonds is 7. The molecule has 0 unspecified atom stereocenters. The van der Waals surface area contributed by atoms with E-state index in [0.717, 1.165) is 5.56 Å². The Morgan fingerprint density at radius 2 is 2.03 bits per heavy atom. The van der Waals surface area contributed by atoms with Crippen LogP contribution in [-0.2, 0) is 0 Å². The molecule has 2 aromatic rings. The largest absolute Gasteiger partial charge is 0.456 e. The van der Waals surface area contributed by atoms with Crippen molar-refractivity contribution in [3.05, 3.63) is 58.0 Å². The lowest BCUT2D eigenvalue weighted by Gasteiger charge is -2.26. The third-order valence-corrected chi connectivity index (χ3v) is 5.73. The molecule has 2 N–H and O–H groups in total. The van der Waals surface area contributed by atoms with Gasteiger partial charge in [-0.3, -0.25) is 9.59 Å². The lowest BCUT2D eigenvalue weighted by atomic mass is 9.90. The smallest absolute Gasteiger partial charge is 0.255 e. The molecule has 7 heteroatoms. The van der Waals surface area contributed by atoms with Gasteiger partial charge < -0.3 is 14.8 Å². The van der Waals surface area contributed by atoms with Gasteiger partial charge in [-0.05, 0) is 43.4 Å². The van der Waals surface area contributed by atoms with Crippen molar-refractivity contribution in [3.63, 3.8) is 0 Å². The van der Waals surface area contributed by atoms with Crippen molar-refractivity contribution in [2.45, 2.75) is 63.5 Å². The van der Waals surface area contributed by atoms with E-state index in [1.807, 2.05) is 6.07 Å². The summed E-state index contributed by atoms with van der Waals surface area (Å²) in [6, 6.07) is 10.6. The number of amides is 1. The van der Waals surface area contributed by atoms with E-state index in [1.165, 1.54) is 6.07 Å². The van der Waals surface area contributed by atoms with Crippen LogP contribution in [0.25, 0.3) is 0 Å². The van der Waals surface area contributed by atoms with E-state index >= 15 is 0 Å². The molecule has 0 bridgehead atoms. The second-order valence-corrected chi connectivity index (χ2v) is 8.05. The number of aliphatic hydroxyl groups excluding tert-OH is 1. The minimum atomic E-state index is -0.527. The average molecular weight is 429 g/mol. The van der Waals surface area contributed by atoms with Gasteiger partial charge in [0.2, 0.25) is 0 Å². The second-order valence-electron chi connectivity index (χ2n) is 7.61. The molecular formula is C23H25ClN2O4. The number of hydrogen-bond acceptors (Lipinski definition) is 5. The molecule has 1 amide bonds. The molecule has 30 heavy (non-hydrogen) atoms. The molecule has 1 heterocycles. The van der Waals surface area contributed by atoms with Crippen molar-refractivity contribution in [2.75, 3.05) is 0 Å². The highest BCUT2D eigenvalue weighted by Crippen LogP contribution is 2.34. The Balaban J connectivity index is 1.97. The van der Waals surface area contributed by atoms with Crippen LogP contribution in [0.2, 0.25) is 5.02 Å². The quantitative estimate of drug-likeness (QED) is 0.627. The first-order valence-corrected chi connectivity index (χ1v) is 10.6. The number of furan rings is 1. The zero-order valence-corrected chi connectivity index (χ0v) is 17.6. The predicted octanol–water partition coefficient (Wildman–Crippen LogP) is 4.60. The van der Waals surface area contributed by atoms with Gasteiger partial charge in [0.15, 0.2) is 11.5 Å². The van der Waals surface area contributed by atoms with Gasteiger partial charge in [0.25, 0.3) is 5.91 Å². The lowest BCUT2D eigenvalue weighted by Crippen LogP contribution is -2.38. The fourth-order valence-electron chi connectivity index (χ4n) is 3.81. The molecule has 1 aromatic carbocycles. The second kappa shape index (κ2) is 9.92. The summed E-state index contributed by atoms with van der Waals surface area (Å²) >= 11 is 6.13. The summed E-state index contributed by atoms with van der Waals surface area (Å²) in [5.74, 6) is -0.667. The van der Waals surface area contributed by atoms with E-state index in [4.69, 9.17) is 16.0 Å². The van der Waals surface area contributed by atoms with Crippen LogP contribution < -0.4 is 5.32 Å². The molecule has 0 spiro atoms. The Morgan fingerprint density at radius 3 is 2.67 bits per heavy atom. The van der Waals surface area contributed by atoms with Crippen LogP contribution >= 0.6 is 11.6 Å². The van der Waals surface area contributed by atoms with Gasteiger partial charge in [0.1, 0.15) is 5.76 Å². The van der Waals surface area contributed by atoms with Gasteiger partial charge in [-0.25, -0.2) is 0 Å². The van der Waals surface area contributed by atoms with Gasteiger partial charge in [-0.1, -0.05) is 30.7 Å². The first-order chi connectivity index (χ1) is 14.4. The van der Waals surface area contributed by atoms with Crippen LogP contribution in [0.1, 0.15) is 83.6 Å². The molecule has 1 fully saturated rings. The van der Waals surface area contributed by atoms with Crippen molar-refractivity contribution in [2.24, 2.45) is 0 Å². The number of Topliss-reactive ketones (excluding diaryl/α,β-unsaturated/α-hetero) is 1. The maximum Gasteiger partial charge on any atom is 0.255 e. The molecule has 158 valence electrons. The Bertz CT molecular complexity index is 954. The van der Waals surface area contributed by atoms with Gasteiger partial charge in [-0.2, -0.15) is 5.26 Å². The first-order valence-electron chi connectivity index (χ1n) is 10.2. The summed E-state index contributed by atoms with van der Waals surface area (Å²) in [7, 11) is 0. The summed E-state index contributed by atoms with van der Waals surface area (Å²) in [6.07, 6.45) is 2.66. The minimum Gasteiger partial charge on any atom is -0.456 e. The van der Waals surface area contributed by atoms with E-state index in [2.05, 4.69) is 11.4 Å². The average Bonchev–Trinajstić information content (AvgIpc) is 3.18. The predicted molar refractivity (Wildman–Crippen MR) is 113 cm³/mol. The Hall–Kier alpha value is -2.62. The van der Waals surface area contributed by atoms with E-state index in [0.29, 0.717) is 36.5 Å². The molecule has 1 aliphatic carbocycles. The van der Waals surface area contributed by atoms with Gasteiger partial charge in [0, 0.05) is 30.0 Å². The van der Waals surface area contributed by atoms with Gasteiger partial charge in [-0.15, -0.1) is 0 Å². The highest BCUT2D eigenvalue weighted by atomic mass is 35.5. The third kappa shape index (κ3) is 5.10. The summed E-state index contributed by atoms with van der Waals surface area (Å²) < 4.78 is 5.86. The maximum absolute atomic E-state index is 13.1. The molecule has 6 nitrogen and oxygen atoms in total. The van der Waals surface area contributed by atoms with Crippen LogP contribution in [0, 0.1) is 11.3 Å². The standard InChI is InChI=1S/C23H25ClN2O4/c1-2-20(28)21-13-19(23(29)26-16-6-8-17(27)9-7-16)22(30-21)18(10-11-25)14-4-3-5-15(24)12-14/h3-5,12-13,16-18,27H,2,6-10H2,1H3,(H,26,29)/t16?,17?,18-/m0/s1. The van der Waals surface area contributed by atoms with Gasteiger partial charge in [0.05, 0.1) is 23.7 Å². The summed E-state index contributed by atoms with van der Waals surface area (Å²) in [4.78, 5) is 25.4. The van der Waals surface area contributed by atoms with Crippen LogP contribution in [0.5, 0.6) is 0 Å². The molecule has 0 saturated heterocycles. The number of nitriles is 1. The molecule has 3 rings (SSSR count). The van der Waals surface area contributed by atoms with Crippen molar-refractivity contribution >= 4 is 23.3 Å². The lowest BCUT2D eigenvalue weighted by molar-refractivity contribution is 0.0865. The fourth-order valence-corrected chi connectivity index (χ4v) is 4.01. The van der Waals surface area contributed by atoms with Crippen molar-refractivity contribution < 1.29 is 19.1 Å². The molecule has 1 aromatic heterocycles. The molecular weight excluding hydrogens is 404 g/mol. The van der Waals surface area contributed by atoms with Crippen LogP contribution in [0.4, 0.5) is 0 Å². The van der Waals surface area contributed by atoms with E-state index in [1.54, 1.807) is 25.1 Å². The topological polar surface area (TPSA) is 103 Å². The SMILES string of the molecule is CCC(=O)c1cc(C(=O)NC2CCC(O)CC2)c([C@@H](CC#N)c2cccc(Cl)c2)o1. The number of nitrogens with zero attached hydrogens (tertiary/aromatic N) is 1. The molecule has 0 aliphatic heterocycles. The van der Waals surface area contributed by atoms with E-state index in [-0.39, 0.29) is 48.0 Å². The number of ketones is 1. The summed E-state index contributed by atoms with van der Waals surface area (Å²) in [6.45, 7) is 1.72. The normalized spacial score (nSPS) is 19.7. The maximum atomic E-state index is 13.1. The summed E-state index contributed by atoms with van der Waals surface area (Å²) in [5, 5.41) is 22.6. The number of benzene rings is 1.